The summed E-state index contributed by atoms with van der Waals surface area (Å²) in [6, 6.07) is 8.46. The molecule has 1 fully saturated rings. The quantitative estimate of drug-likeness (QED) is 0.814. The molecular formula is C13H17NO2. The van der Waals surface area contributed by atoms with Gasteiger partial charge in [0.05, 0.1) is 5.92 Å². The Balaban J connectivity index is 2.12. The highest BCUT2D eigenvalue weighted by Crippen LogP contribution is 2.47. The molecule has 0 saturated heterocycles. The molecule has 1 aromatic rings. The Hall–Kier alpha value is -1.35. The number of nitrogens with one attached hydrogen (secondary N) is 1. The fourth-order valence-electron chi connectivity index (χ4n) is 2.27. The molecule has 1 saturated carbocycles. The van der Waals surface area contributed by atoms with Crippen LogP contribution in [0.4, 0.5) is 0 Å². The van der Waals surface area contributed by atoms with Gasteiger partial charge in [-0.3, -0.25) is 4.79 Å². The summed E-state index contributed by atoms with van der Waals surface area (Å²) in [6.07, 6.45) is 0.786. The van der Waals surface area contributed by atoms with Gasteiger partial charge in [0, 0.05) is 6.04 Å². The lowest BCUT2D eigenvalue weighted by molar-refractivity contribution is -0.138. The summed E-state index contributed by atoms with van der Waals surface area (Å²) in [4.78, 5) is 10.9. The van der Waals surface area contributed by atoms with Gasteiger partial charge in [-0.2, -0.15) is 0 Å². The van der Waals surface area contributed by atoms with Crippen molar-refractivity contribution in [3.63, 3.8) is 0 Å². The maximum atomic E-state index is 10.9. The van der Waals surface area contributed by atoms with Crippen molar-refractivity contribution in [2.75, 3.05) is 7.05 Å². The van der Waals surface area contributed by atoms with E-state index in [4.69, 9.17) is 5.11 Å². The molecular weight excluding hydrogens is 202 g/mol. The fourth-order valence-corrected chi connectivity index (χ4v) is 2.27. The predicted octanol–water partition coefficient (Wildman–Crippen LogP) is 1.98. The van der Waals surface area contributed by atoms with Crippen molar-refractivity contribution in [3.05, 3.63) is 35.4 Å². The average Bonchev–Trinajstić information content (AvgIpc) is 3.02. The number of carboxylic acid groups (broad SMARTS) is 1. The Kier molecular flexibility index (Phi) is 2.97. The van der Waals surface area contributed by atoms with Gasteiger partial charge in [-0.1, -0.05) is 29.8 Å². The number of aliphatic carboxylic acids is 1. The molecule has 1 aliphatic carbocycles. The summed E-state index contributed by atoms with van der Waals surface area (Å²) in [5.74, 6) is -0.596. The number of hydrogen-bond acceptors (Lipinski definition) is 2. The summed E-state index contributed by atoms with van der Waals surface area (Å²) >= 11 is 0. The van der Waals surface area contributed by atoms with Crippen LogP contribution in [0, 0.1) is 18.8 Å². The Morgan fingerprint density at radius 3 is 2.50 bits per heavy atom. The third-order valence-electron chi connectivity index (χ3n) is 3.33. The van der Waals surface area contributed by atoms with Gasteiger partial charge in [0.1, 0.15) is 0 Å². The first-order chi connectivity index (χ1) is 7.63. The van der Waals surface area contributed by atoms with Crippen molar-refractivity contribution in [2.45, 2.75) is 19.4 Å². The van der Waals surface area contributed by atoms with Gasteiger partial charge >= 0.3 is 5.97 Å². The summed E-state index contributed by atoms with van der Waals surface area (Å²) in [5, 5.41) is 12.2. The first-order valence-electron chi connectivity index (χ1n) is 5.60. The van der Waals surface area contributed by atoms with E-state index in [-0.39, 0.29) is 17.9 Å². The van der Waals surface area contributed by atoms with Crippen molar-refractivity contribution < 1.29 is 9.90 Å². The summed E-state index contributed by atoms with van der Waals surface area (Å²) in [6.45, 7) is 2.05. The van der Waals surface area contributed by atoms with Gasteiger partial charge in [-0.25, -0.2) is 0 Å². The minimum Gasteiger partial charge on any atom is -0.481 e. The van der Waals surface area contributed by atoms with E-state index >= 15 is 0 Å². The van der Waals surface area contributed by atoms with Gasteiger partial charge in [-0.05, 0) is 31.9 Å². The molecule has 0 bridgehead atoms. The van der Waals surface area contributed by atoms with Crippen LogP contribution in [0.5, 0.6) is 0 Å². The third kappa shape index (κ3) is 2.09. The number of aryl methyl sites for hydroxylation is 1. The van der Waals surface area contributed by atoms with Crippen LogP contribution in [0.25, 0.3) is 0 Å². The Morgan fingerprint density at radius 2 is 2.06 bits per heavy atom. The fraction of sp³-hybridized carbons (Fsp3) is 0.462. The van der Waals surface area contributed by atoms with Crippen LogP contribution in [0.15, 0.2) is 24.3 Å². The van der Waals surface area contributed by atoms with Crippen molar-refractivity contribution in [1.29, 1.82) is 0 Å². The molecule has 0 aromatic heterocycles. The molecule has 0 radical (unpaired) electrons. The SMILES string of the molecule is CNC(c1ccc(C)cc1)C1CC1C(=O)O. The smallest absolute Gasteiger partial charge is 0.306 e. The van der Waals surface area contributed by atoms with Crippen molar-refractivity contribution >= 4 is 5.97 Å². The summed E-state index contributed by atoms with van der Waals surface area (Å²) in [7, 11) is 1.89. The van der Waals surface area contributed by atoms with Gasteiger partial charge < -0.3 is 10.4 Å². The van der Waals surface area contributed by atoms with Gasteiger partial charge in [-0.15, -0.1) is 0 Å². The molecule has 0 amide bonds. The molecule has 2 rings (SSSR count). The second kappa shape index (κ2) is 4.26. The van der Waals surface area contributed by atoms with Crippen LogP contribution in [0.1, 0.15) is 23.6 Å². The normalized spacial score (nSPS) is 25.1. The highest BCUT2D eigenvalue weighted by atomic mass is 16.4. The van der Waals surface area contributed by atoms with Gasteiger partial charge in [0.2, 0.25) is 0 Å². The molecule has 2 N–H and O–H groups in total. The predicted molar refractivity (Wildman–Crippen MR) is 62.2 cm³/mol. The van der Waals surface area contributed by atoms with Crippen LogP contribution < -0.4 is 5.32 Å². The Morgan fingerprint density at radius 1 is 1.44 bits per heavy atom. The lowest BCUT2D eigenvalue weighted by Crippen LogP contribution is -2.20. The molecule has 16 heavy (non-hydrogen) atoms. The van der Waals surface area contributed by atoms with Gasteiger partial charge in [0.25, 0.3) is 0 Å². The highest BCUT2D eigenvalue weighted by molar-refractivity contribution is 5.73. The maximum Gasteiger partial charge on any atom is 0.306 e. The van der Waals surface area contributed by atoms with E-state index in [2.05, 4.69) is 36.5 Å². The average molecular weight is 219 g/mol. The minimum absolute atomic E-state index is 0.168. The number of benzene rings is 1. The molecule has 0 spiro atoms. The van der Waals surface area contributed by atoms with E-state index in [1.807, 2.05) is 7.05 Å². The van der Waals surface area contributed by atoms with E-state index < -0.39 is 5.97 Å². The van der Waals surface area contributed by atoms with Crippen LogP contribution >= 0.6 is 0 Å². The van der Waals surface area contributed by atoms with Gasteiger partial charge in [0.15, 0.2) is 0 Å². The molecule has 3 unspecified atom stereocenters. The second-order valence-electron chi connectivity index (χ2n) is 4.52. The lowest BCUT2D eigenvalue weighted by atomic mass is 10.00. The molecule has 3 heteroatoms. The van der Waals surface area contributed by atoms with E-state index in [9.17, 15) is 4.79 Å². The summed E-state index contributed by atoms with van der Waals surface area (Å²) < 4.78 is 0. The minimum atomic E-state index is -0.669. The topological polar surface area (TPSA) is 49.3 Å². The molecule has 0 heterocycles. The number of carboxylic acids is 1. The highest BCUT2D eigenvalue weighted by Gasteiger charge is 2.47. The van der Waals surface area contributed by atoms with Crippen LogP contribution in [-0.2, 0) is 4.79 Å². The molecule has 1 aromatic carbocycles. The van der Waals surface area contributed by atoms with Crippen molar-refractivity contribution in [1.82, 2.24) is 5.32 Å². The Bertz CT molecular complexity index is 385. The maximum absolute atomic E-state index is 10.9. The molecule has 1 aliphatic rings. The number of rotatable bonds is 4. The zero-order valence-corrected chi connectivity index (χ0v) is 9.60. The van der Waals surface area contributed by atoms with E-state index in [1.54, 1.807) is 0 Å². The van der Waals surface area contributed by atoms with E-state index in [0.29, 0.717) is 0 Å². The van der Waals surface area contributed by atoms with Crippen molar-refractivity contribution in [3.8, 4) is 0 Å². The Labute approximate surface area is 95.5 Å². The zero-order chi connectivity index (χ0) is 11.7. The molecule has 3 atom stereocenters. The number of hydrogen-bond donors (Lipinski definition) is 2. The molecule has 3 nitrogen and oxygen atoms in total. The third-order valence-corrected chi connectivity index (χ3v) is 3.33. The van der Waals surface area contributed by atoms with Crippen LogP contribution in [0.2, 0.25) is 0 Å². The largest absolute Gasteiger partial charge is 0.481 e. The van der Waals surface area contributed by atoms with Crippen molar-refractivity contribution in [2.24, 2.45) is 11.8 Å². The van der Waals surface area contributed by atoms with Crippen LogP contribution in [0.3, 0.4) is 0 Å². The summed E-state index contributed by atoms with van der Waals surface area (Å²) in [5.41, 5.74) is 2.41. The first kappa shape index (κ1) is 11.1. The second-order valence-corrected chi connectivity index (χ2v) is 4.52. The monoisotopic (exact) mass is 219 g/mol. The van der Waals surface area contributed by atoms with E-state index in [0.717, 1.165) is 6.42 Å². The number of carbonyl (C=O) groups is 1. The lowest BCUT2D eigenvalue weighted by Gasteiger charge is -2.16. The van der Waals surface area contributed by atoms with Crippen LogP contribution in [-0.4, -0.2) is 18.1 Å². The van der Waals surface area contributed by atoms with E-state index in [1.165, 1.54) is 11.1 Å². The molecule has 86 valence electrons. The standard InChI is InChI=1S/C13H17NO2/c1-8-3-5-9(6-4-8)12(14-2)10-7-11(10)13(15)16/h3-6,10-12,14H,7H2,1-2H3,(H,15,16). The zero-order valence-electron chi connectivity index (χ0n) is 9.60. The molecule has 0 aliphatic heterocycles. The first-order valence-corrected chi connectivity index (χ1v) is 5.60.